The van der Waals surface area contributed by atoms with Crippen LogP contribution in [0.2, 0.25) is 0 Å². The number of rotatable bonds is 4. The van der Waals surface area contributed by atoms with Gasteiger partial charge in [0.05, 0.1) is 12.4 Å². The van der Waals surface area contributed by atoms with Gasteiger partial charge in [-0.3, -0.25) is 0 Å². The lowest BCUT2D eigenvalue weighted by Gasteiger charge is -2.12. The summed E-state index contributed by atoms with van der Waals surface area (Å²) >= 11 is 0. The number of nitrogens with one attached hydrogen (secondary N) is 1. The lowest BCUT2D eigenvalue weighted by Crippen LogP contribution is -2.22. The number of aromatic nitrogens is 2. The molecule has 8 heteroatoms. The second-order valence-corrected chi connectivity index (χ2v) is 6.79. The number of hydrogen-bond donors (Lipinski definition) is 1. The van der Waals surface area contributed by atoms with Crippen LogP contribution in [-0.4, -0.2) is 18.6 Å². The van der Waals surface area contributed by atoms with Gasteiger partial charge in [0, 0.05) is 17.5 Å². The van der Waals surface area contributed by atoms with E-state index in [2.05, 4.69) is 19.4 Å². The van der Waals surface area contributed by atoms with Crippen molar-refractivity contribution >= 4 is 10.0 Å². The van der Waals surface area contributed by atoms with E-state index in [0.717, 1.165) is 0 Å². The molecule has 7 nitrogen and oxygen atoms in total. The molecule has 2 rings (SSSR count). The molecule has 0 atom stereocenters. The van der Waals surface area contributed by atoms with Gasteiger partial charge in [-0.25, -0.2) is 18.1 Å². The predicted molar refractivity (Wildman–Crippen MR) is 65.7 cm³/mol. The summed E-state index contributed by atoms with van der Waals surface area (Å²) in [6, 6.07) is 0. The molecule has 0 fully saturated rings. The summed E-state index contributed by atoms with van der Waals surface area (Å²) in [4.78, 5) is 3.98. The van der Waals surface area contributed by atoms with Gasteiger partial charge in [-0.2, -0.15) is 0 Å². The van der Waals surface area contributed by atoms with E-state index >= 15 is 0 Å². The summed E-state index contributed by atoms with van der Waals surface area (Å²) in [7, 11) is -3.72. The van der Waals surface area contributed by atoms with Gasteiger partial charge in [-0.15, -0.1) is 0 Å². The first-order valence-corrected chi connectivity index (χ1v) is 7.11. The van der Waals surface area contributed by atoms with E-state index in [9.17, 15) is 8.42 Å². The van der Waals surface area contributed by atoms with E-state index < -0.39 is 10.0 Å². The average Bonchev–Trinajstić information content (AvgIpc) is 2.97. The fourth-order valence-corrected chi connectivity index (χ4v) is 2.17. The van der Waals surface area contributed by atoms with Crippen molar-refractivity contribution in [2.24, 2.45) is 0 Å². The Labute approximate surface area is 111 Å². The van der Waals surface area contributed by atoms with E-state index in [1.807, 2.05) is 20.8 Å². The fourth-order valence-electron chi connectivity index (χ4n) is 1.29. The van der Waals surface area contributed by atoms with Crippen molar-refractivity contribution in [3.8, 4) is 0 Å². The van der Waals surface area contributed by atoms with Crippen LogP contribution in [0.4, 0.5) is 0 Å². The van der Waals surface area contributed by atoms with Gasteiger partial charge in [0.15, 0.2) is 0 Å². The van der Waals surface area contributed by atoms with Gasteiger partial charge in [0.25, 0.3) is 15.1 Å². The quantitative estimate of drug-likeness (QED) is 0.912. The van der Waals surface area contributed by atoms with Crippen molar-refractivity contribution in [3.05, 3.63) is 30.1 Å². The third kappa shape index (κ3) is 3.21. The van der Waals surface area contributed by atoms with Gasteiger partial charge < -0.3 is 8.94 Å². The zero-order chi connectivity index (χ0) is 14.1. The molecular formula is C11H15N3O4S. The molecular weight excluding hydrogens is 270 g/mol. The Morgan fingerprint density at radius 1 is 1.32 bits per heavy atom. The minimum absolute atomic E-state index is 0.0807. The Hall–Kier alpha value is -1.67. The molecule has 104 valence electrons. The van der Waals surface area contributed by atoms with Crippen LogP contribution < -0.4 is 4.72 Å². The van der Waals surface area contributed by atoms with Crippen LogP contribution in [0.5, 0.6) is 0 Å². The van der Waals surface area contributed by atoms with Gasteiger partial charge in [0.2, 0.25) is 5.89 Å². The molecule has 2 heterocycles. The van der Waals surface area contributed by atoms with Crippen molar-refractivity contribution < 1.29 is 17.4 Å². The lowest BCUT2D eigenvalue weighted by atomic mass is 9.97. The molecule has 19 heavy (non-hydrogen) atoms. The summed E-state index contributed by atoms with van der Waals surface area (Å²) < 4.78 is 36.2. The molecule has 0 unspecified atom stereocenters. The van der Waals surface area contributed by atoms with Crippen LogP contribution in [0.15, 0.2) is 32.7 Å². The van der Waals surface area contributed by atoms with Gasteiger partial charge in [0.1, 0.15) is 6.26 Å². The molecule has 2 aromatic rings. The summed E-state index contributed by atoms with van der Waals surface area (Å²) in [5.41, 5.74) is 0.279. The highest BCUT2D eigenvalue weighted by Gasteiger charge is 2.25. The molecule has 0 radical (unpaired) electrons. The molecule has 0 aromatic carbocycles. The Morgan fingerprint density at radius 2 is 2.05 bits per heavy atom. The largest absolute Gasteiger partial charge is 0.427 e. The maximum absolute atomic E-state index is 12.0. The normalized spacial score (nSPS) is 12.8. The maximum atomic E-state index is 12.0. The first kappa shape index (κ1) is 13.8. The molecule has 0 spiro atoms. The molecule has 0 aliphatic carbocycles. The Morgan fingerprint density at radius 3 is 2.58 bits per heavy atom. The molecule has 0 aliphatic rings. The predicted octanol–water partition coefficient (Wildman–Crippen LogP) is 1.44. The molecule has 2 aromatic heterocycles. The molecule has 0 bridgehead atoms. The SMILES string of the molecule is CC(C)(C)c1ncc(S(=O)(=O)NCc2cnoc2)o1. The average molecular weight is 285 g/mol. The first-order valence-electron chi connectivity index (χ1n) is 5.63. The summed E-state index contributed by atoms with van der Waals surface area (Å²) in [5.74, 6) is 0.373. The van der Waals surface area contributed by atoms with Crippen molar-refractivity contribution in [2.75, 3.05) is 0 Å². The van der Waals surface area contributed by atoms with Crippen molar-refractivity contribution in [1.82, 2.24) is 14.9 Å². The summed E-state index contributed by atoms with van der Waals surface area (Å²) in [6.45, 7) is 5.75. The highest BCUT2D eigenvalue weighted by Crippen LogP contribution is 2.23. The van der Waals surface area contributed by atoms with Gasteiger partial charge >= 0.3 is 0 Å². The first-order chi connectivity index (χ1) is 8.79. The van der Waals surface area contributed by atoms with E-state index in [0.29, 0.717) is 11.5 Å². The Balaban J connectivity index is 2.13. The fraction of sp³-hybridized carbons (Fsp3) is 0.455. The molecule has 0 aliphatic heterocycles. The van der Waals surface area contributed by atoms with E-state index in [1.165, 1.54) is 18.7 Å². The zero-order valence-electron chi connectivity index (χ0n) is 10.9. The smallest absolute Gasteiger partial charge is 0.275 e. The van der Waals surface area contributed by atoms with E-state index in [1.54, 1.807) is 0 Å². The number of sulfonamides is 1. The number of hydrogen-bond acceptors (Lipinski definition) is 6. The van der Waals surface area contributed by atoms with Crippen LogP contribution >= 0.6 is 0 Å². The van der Waals surface area contributed by atoms with Crippen LogP contribution in [0.1, 0.15) is 32.2 Å². The zero-order valence-corrected chi connectivity index (χ0v) is 11.7. The molecule has 0 amide bonds. The monoisotopic (exact) mass is 285 g/mol. The third-order valence-electron chi connectivity index (χ3n) is 2.34. The molecule has 0 saturated carbocycles. The Bertz CT molecular complexity index is 638. The highest BCUT2D eigenvalue weighted by atomic mass is 32.2. The van der Waals surface area contributed by atoms with Gasteiger partial charge in [-0.1, -0.05) is 25.9 Å². The van der Waals surface area contributed by atoms with E-state index in [-0.39, 0.29) is 17.1 Å². The second-order valence-electron chi connectivity index (χ2n) is 5.09. The standard InChI is InChI=1S/C11H15N3O4S/c1-11(2,3)10-12-6-9(18-10)19(15,16)14-5-8-4-13-17-7-8/h4,6-7,14H,5H2,1-3H3. The van der Waals surface area contributed by atoms with E-state index in [4.69, 9.17) is 4.42 Å². The van der Waals surface area contributed by atoms with Crippen molar-refractivity contribution in [2.45, 2.75) is 37.8 Å². The summed E-state index contributed by atoms with van der Waals surface area (Å²) in [6.07, 6.45) is 4.00. The maximum Gasteiger partial charge on any atom is 0.275 e. The second kappa shape index (κ2) is 4.78. The minimum atomic E-state index is -3.72. The summed E-state index contributed by atoms with van der Waals surface area (Å²) in [5, 5.41) is 3.29. The van der Waals surface area contributed by atoms with Gasteiger partial charge in [-0.05, 0) is 0 Å². The molecule has 1 N–H and O–H groups in total. The van der Waals surface area contributed by atoms with Crippen LogP contribution in [-0.2, 0) is 22.0 Å². The van der Waals surface area contributed by atoms with Crippen LogP contribution in [0.3, 0.4) is 0 Å². The number of nitrogens with zero attached hydrogens (tertiary/aromatic N) is 2. The van der Waals surface area contributed by atoms with Crippen molar-refractivity contribution in [3.63, 3.8) is 0 Å². The lowest BCUT2D eigenvalue weighted by molar-refractivity contribution is 0.342. The highest BCUT2D eigenvalue weighted by molar-refractivity contribution is 7.89. The van der Waals surface area contributed by atoms with Crippen LogP contribution in [0, 0.1) is 0 Å². The minimum Gasteiger partial charge on any atom is -0.427 e. The third-order valence-corrected chi connectivity index (χ3v) is 3.58. The number of oxazole rings is 1. The molecule has 0 saturated heterocycles. The van der Waals surface area contributed by atoms with Crippen LogP contribution in [0.25, 0.3) is 0 Å². The topological polar surface area (TPSA) is 98.2 Å². The van der Waals surface area contributed by atoms with Crippen molar-refractivity contribution in [1.29, 1.82) is 0 Å². The Kier molecular flexibility index (Phi) is 3.46.